The molecule has 0 saturated carbocycles. The van der Waals surface area contributed by atoms with Gasteiger partial charge in [-0.25, -0.2) is 9.59 Å². The molecule has 1 atom stereocenters. The molecule has 3 N–H and O–H groups in total. The fraction of sp³-hybridized carbons (Fsp3) is 0.229. The number of alkyl carbamates (subject to hydrolysis) is 2. The van der Waals surface area contributed by atoms with Crippen LogP contribution >= 0.6 is 0 Å². The SMILES string of the molecule is O=C(O)CC[C@H](CNC(=O)OCC1c2ccccc2-c2ccccc21)NC(=O)OCC1c2ccccc2-c2ccccc21. The van der Waals surface area contributed by atoms with E-state index in [0.29, 0.717) is 0 Å². The Morgan fingerprint density at radius 2 is 1.02 bits per heavy atom. The number of aliphatic carboxylic acids is 1. The first kappa shape index (κ1) is 28.0. The topological polar surface area (TPSA) is 114 Å². The molecule has 2 aliphatic rings. The standard InChI is InChI=1S/C35H32N2O6/c38-33(39)18-17-22(37-35(41)43-21-32-29-15-7-3-11-25(29)26-12-4-8-16-30(26)32)19-36-34(40)42-20-31-27-13-5-1-9-23(27)24-10-2-6-14-28(24)31/h1-16,22,31-32H,17-21H2,(H,36,40)(H,37,41)(H,38,39)/t22-/m1/s1. The molecule has 43 heavy (non-hydrogen) atoms. The van der Waals surface area contributed by atoms with E-state index in [9.17, 15) is 19.5 Å². The molecule has 0 radical (unpaired) electrons. The van der Waals surface area contributed by atoms with Crippen molar-refractivity contribution < 1.29 is 29.0 Å². The highest BCUT2D eigenvalue weighted by atomic mass is 16.6. The van der Waals surface area contributed by atoms with Crippen molar-refractivity contribution in [2.75, 3.05) is 19.8 Å². The number of benzene rings is 4. The Morgan fingerprint density at radius 3 is 1.44 bits per heavy atom. The van der Waals surface area contributed by atoms with Crippen LogP contribution in [0.2, 0.25) is 0 Å². The summed E-state index contributed by atoms with van der Waals surface area (Å²) in [5, 5.41) is 14.6. The van der Waals surface area contributed by atoms with Gasteiger partial charge in [-0.2, -0.15) is 0 Å². The number of carbonyl (C=O) groups excluding carboxylic acids is 2. The van der Waals surface area contributed by atoms with E-state index in [2.05, 4.69) is 34.9 Å². The second kappa shape index (κ2) is 12.4. The maximum absolute atomic E-state index is 12.8. The van der Waals surface area contributed by atoms with Gasteiger partial charge in [0.1, 0.15) is 13.2 Å². The largest absolute Gasteiger partial charge is 0.481 e. The van der Waals surface area contributed by atoms with Crippen LogP contribution < -0.4 is 10.6 Å². The number of amides is 2. The van der Waals surface area contributed by atoms with Crippen LogP contribution in [0.5, 0.6) is 0 Å². The highest BCUT2D eigenvalue weighted by Crippen LogP contribution is 2.45. The zero-order valence-electron chi connectivity index (χ0n) is 23.5. The number of hydrogen-bond acceptors (Lipinski definition) is 5. The van der Waals surface area contributed by atoms with Crippen molar-refractivity contribution in [2.45, 2.75) is 30.7 Å². The quantitative estimate of drug-likeness (QED) is 0.204. The van der Waals surface area contributed by atoms with Gasteiger partial charge in [0.25, 0.3) is 0 Å². The Bertz CT molecular complexity index is 1580. The van der Waals surface area contributed by atoms with Gasteiger partial charge in [-0.1, -0.05) is 97.1 Å². The third kappa shape index (κ3) is 5.95. The first-order valence-electron chi connectivity index (χ1n) is 14.4. The zero-order valence-corrected chi connectivity index (χ0v) is 23.5. The second-order valence-corrected chi connectivity index (χ2v) is 10.8. The molecule has 0 spiro atoms. The highest BCUT2D eigenvalue weighted by Gasteiger charge is 2.30. The van der Waals surface area contributed by atoms with E-state index >= 15 is 0 Å². The molecular formula is C35H32N2O6. The van der Waals surface area contributed by atoms with Crippen LogP contribution in [0, 0.1) is 0 Å². The molecule has 0 saturated heterocycles. The summed E-state index contributed by atoms with van der Waals surface area (Å²) in [6.07, 6.45) is -1.38. The number of ether oxygens (including phenoxy) is 2. The molecule has 0 unspecified atom stereocenters. The fourth-order valence-corrected chi connectivity index (χ4v) is 6.19. The predicted octanol–water partition coefficient (Wildman–Crippen LogP) is 6.30. The minimum absolute atomic E-state index is 0.00580. The number of nitrogens with one attached hydrogen (secondary N) is 2. The summed E-state index contributed by atoms with van der Waals surface area (Å²) in [4.78, 5) is 36.8. The van der Waals surface area contributed by atoms with Crippen LogP contribution in [0.3, 0.4) is 0 Å². The van der Waals surface area contributed by atoms with E-state index < -0.39 is 24.2 Å². The molecular weight excluding hydrogens is 544 g/mol. The number of fused-ring (bicyclic) bond motifs is 6. The molecule has 2 amide bonds. The van der Waals surface area contributed by atoms with Crippen molar-refractivity contribution in [3.63, 3.8) is 0 Å². The summed E-state index contributed by atoms with van der Waals surface area (Å²) in [5.74, 6) is -1.19. The Labute approximate surface area is 249 Å². The summed E-state index contributed by atoms with van der Waals surface area (Å²) in [6, 6.07) is 31.6. The lowest BCUT2D eigenvalue weighted by Gasteiger charge is -2.20. The van der Waals surface area contributed by atoms with E-state index in [-0.39, 0.29) is 44.4 Å². The zero-order chi connectivity index (χ0) is 29.8. The van der Waals surface area contributed by atoms with Gasteiger partial charge in [0, 0.05) is 24.8 Å². The fourth-order valence-electron chi connectivity index (χ4n) is 6.19. The van der Waals surface area contributed by atoms with E-state index in [1.165, 1.54) is 0 Å². The van der Waals surface area contributed by atoms with Crippen LogP contribution in [0.1, 0.15) is 46.9 Å². The van der Waals surface area contributed by atoms with Crippen molar-refractivity contribution in [2.24, 2.45) is 0 Å². The molecule has 0 aromatic heterocycles. The molecule has 2 aliphatic carbocycles. The maximum Gasteiger partial charge on any atom is 0.407 e. The molecule has 0 fully saturated rings. The molecule has 8 heteroatoms. The Kier molecular flexibility index (Phi) is 8.09. The summed E-state index contributed by atoms with van der Waals surface area (Å²) in [5.41, 5.74) is 8.91. The van der Waals surface area contributed by atoms with Crippen molar-refractivity contribution in [1.29, 1.82) is 0 Å². The van der Waals surface area contributed by atoms with Gasteiger partial charge < -0.3 is 25.2 Å². The van der Waals surface area contributed by atoms with Crippen molar-refractivity contribution in [3.8, 4) is 22.3 Å². The van der Waals surface area contributed by atoms with E-state index in [0.717, 1.165) is 44.5 Å². The monoisotopic (exact) mass is 576 g/mol. The average Bonchev–Trinajstić information content (AvgIpc) is 3.52. The smallest absolute Gasteiger partial charge is 0.407 e. The van der Waals surface area contributed by atoms with E-state index in [1.54, 1.807) is 0 Å². The Morgan fingerprint density at radius 1 is 0.628 bits per heavy atom. The van der Waals surface area contributed by atoms with Gasteiger partial charge in [-0.3, -0.25) is 4.79 Å². The number of hydrogen-bond donors (Lipinski definition) is 3. The third-order valence-electron chi connectivity index (χ3n) is 8.21. The molecule has 218 valence electrons. The molecule has 0 aliphatic heterocycles. The summed E-state index contributed by atoms with van der Waals surface area (Å²) >= 11 is 0. The normalized spacial score (nSPS) is 13.7. The Hall–Kier alpha value is -5.11. The molecule has 0 heterocycles. The van der Waals surface area contributed by atoms with Crippen LogP contribution in [-0.4, -0.2) is 49.1 Å². The first-order chi connectivity index (χ1) is 21.0. The minimum Gasteiger partial charge on any atom is -0.481 e. The van der Waals surface area contributed by atoms with Gasteiger partial charge in [-0.05, 0) is 50.9 Å². The molecule has 0 bridgehead atoms. The van der Waals surface area contributed by atoms with E-state index in [4.69, 9.17) is 9.47 Å². The molecule has 4 aromatic carbocycles. The van der Waals surface area contributed by atoms with Gasteiger partial charge in [0.15, 0.2) is 0 Å². The first-order valence-corrected chi connectivity index (χ1v) is 14.4. The lowest BCUT2D eigenvalue weighted by atomic mass is 9.98. The number of carboxylic acid groups (broad SMARTS) is 1. The van der Waals surface area contributed by atoms with Crippen LogP contribution in [0.4, 0.5) is 9.59 Å². The van der Waals surface area contributed by atoms with Crippen molar-refractivity contribution in [1.82, 2.24) is 10.6 Å². The van der Waals surface area contributed by atoms with Gasteiger partial charge in [-0.15, -0.1) is 0 Å². The summed E-state index contributed by atoms with van der Waals surface area (Å²) < 4.78 is 11.2. The van der Waals surface area contributed by atoms with Crippen LogP contribution in [0.25, 0.3) is 22.3 Å². The summed E-state index contributed by atoms with van der Waals surface area (Å²) in [6.45, 7) is 0.277. The van der Waals surface area contributed by atoms with Crippen molar-refractivity contribution in [3.05, 3.63) is 119 Å². The predicted molar refractivity (Wildman–Crippen MR) is 162 cm³/mol. The average molecular weight is 577 g/mol. The summed E-state index contributed by atoms with van der Waals surface area (Å²) in [7, 11) is 0. The molecule has 4 aromatic rings. The van der Waals surface area contributed by atoms with Gasteiger partial charge in [0.05, 0.1) is 6.04 Å². The number of carboxylic acids is 1. The van der Waals surface area contributed by atoms with Crippen LogP contribution in [0.15, 0.2) is 97.1 Å². The number of carbonyl (C=O) groups is 3. The van der Waals surface area contributed by atoms with Crippen LogP contribution in [-0.2, 0) is 14.3 Å². The van der Waals surface area contributed by atoms with E-state index in [1.807, 2.05) is 72.8 Å². The van der Waals surface area contributed by atoms with Crippen molar-refractivity contribution >= 4 is 18.2 Å². The lowest BCUT2D eigenvalue weighted by Crippen LogP contribution is -2.44. The third-order valence-corrected chi connectivity index (χ3v) is 8.21. The maximum atomic E-state index is 12.8. The minimum atomic E-state index is -1.000. The Balaban J connectivity index is 1.04. The highest BCUT2D eigenvalue weighted by molar-refractivity contribution is 5.80. The van der Waals surface area contributed by atoms with Gasteiger partial charge in [0.2, 0.25) is 0 Å². The lowest BCUT2D eigenvalue weighted by molar-refractivity contribution is -0.137. The molecule has 6 rings (SSSR count). The second-order valence-electron chi connectivity index (χ2n) is 10.8. The van der Waals surface area contributed by atoms with Gasteiger partial charge >= 0.3 is 18.2 Å². The number of rotatable bonds is 10. The molecule has 8 nitrogen and oxygen atoms in total.